The number of para-hydroxylation sites is 2. The molecule has 2 N–H and O–H groups in total. The molecule has 1 unspecified atom stereocenters. The van der Waals surface area contributed by atoms with Crippen molar-refractivity contribution in [1.82, 2.24) is 14.9 Å². The van der Waals surface area contributed by atoms with E-state index in [4.69, 9.17) is 0 Å². The Balaban J connectivity index is 1.55. The fourth-order valence-electron chi connectivity index (χ4n) is 5.20. The summed E-state index contributed by atoms with van der Waals surface area (Å²) in [5.41, 5.74) is 6.29. The van der Waals surface area contributed by atoms with Crippen molar-refractivity contribution in [2.24, 2.45) is 0 Å². The molecule has 0 radical (unpaired) electrons. The van der Waals surface area contributed by atoms with Gasteiger partial charge >= 0.3 is 0 Å². The first-order valence-corrected chi connectivity index (χ1v) is 9.75. The maximum atomic E-state index is 12.9. The molecule has 1 fully saturated rings. The standard InChI is InChI=1S/C23H21N3O/c27-23-21(18(12-25-23)17-11-24-20-9-2-1-7-15(17)20)19-13-26-10-4-6-14-5-3-8-16(19)22(14)26/h1-3,5,7-9,11,13,18,21,24H,4,6,10,12H2,(H,25,27)/t18?,21-/m1/s1. The molecule has 0 saturated carbocycles. The van der Waals surface area contributed by atoms with Crippen molar-refractivity contribution in [2.75, 3.05) is 6.54 Å². The number of H-pyrrole nitrogens is 1. The molecule has 2 aromatic heterocycles. The number of amides is 1. The average molecular weight is 355 g/mol. The number of carbonyl (C=O) groups is 1. The number of aromatic nitrogens is 2. The fourth-order valence-corrected chi connectivity index (χ4v) is 5.20. The van der Waals surface area contributed by atoms with E-state index < -0.39 is 0 Å². The Morgan fingerprint density at radius 1 is 1.00 bits per heavy atom. The van der Waals surface area contributed by atoms with Gasteiger partial charge in [-0.15, -0.1) is 0 Å². The molecule has 2 aromatic carbocycles. The molecule has 0 aliphatic carbocycles. The minimum absolute atomic E-state index is 0.138. The molecular weight excluding hydrogens is 334 g/mol. The fraction of sp³-hybridized carbons (Fsp3) is 0.261. The molecule has 4 aromatic rings. The largest absolute Gasteiger partial charge is 0.361 e. The highest BCUT2D eigenvalue weighted by molar-refractivity contribution is 5.97. The van der Waals surface area contributed by atoms with Crippen LogP contribution in [0.4, 0.5) is 0 Å². The Labute approximate surface area is 157 Å². The Hall–Kier alpha value is -3.01. The molecule has 0 bridgehead atoms. The molecule has 4 heteroatoms. The van der Waals surface area contributed by atoms with Gasteiger partial charge in [-0.3, -0.25) is 4.79 Å². The Kier molecular flexibility index (Phi) is 3.07. The van der Waals surface area contributed by atoms with Crippen LogP contribution < -0.4 is 5.32 Å². The highest BCUT2D eigenvalue weighted by Crippen LogP contribution is 2.43. The lowest BCUT2D eigenvalue weighted by atomic mass is 9.83. The first kappa shape index (κ1) is 15.1. The quantitative estimate of drug-likeness (QED) is 0.560. The van der Waals surface area contributed by atoms with Crippen LogP contribution in [-0.2, 0) is 17.8 Å². The Morgan fingerprint density at radius 2 is 1.89 bits per heavy atom. The van der Waals surface area contributed by atoms with Crippen LogP contribution in [0, 0.1) is 0 Å². The number of aryl methyl sites for hydroxylation is 2. The van der Waals surface area contributed by atoms with E-state index in [0.717, 1.165) is 18.5 Å². The van der Waals surface area contributed by atoms with E-state index in [-0.39, 0.29) is 17.7 Å². The van der Waals surface area contributed by atoms with E-state index in [2.05, 4.69) is 63.7 Å². The molecule has 134 valence electrons. The Morgan fingerprint density at radius 3 is 2.85 bits per heavy atom. The highest BCUT2D eigenvalue weighted by atomic mass is 16.2. The van der Waals surface area contributed by atoms with E-state index in [0.29, 0.717) is 6.54 Å². The third-order valence-corrected chi connectivity index (χ3v) is 6.39. The summed E-state index contributed by atoms with van der Waals surface area (Å²) < 4.78 is 2.36. The monoisotopic (exact) mass is 355 g/mol. The van der Waals surface area contributed by atoms with Crippen molar-refractivity contribution in [1.29, 1.82) is 0 Å². The third kappa shape index (κ3) is 2.07. The summed E-state index contributed by atoms with van der Waals surface area (Å²) in [6.07, 6.45) is 6.63. The lowest BCUT2D eigenvalue weighted by Gasteiger charge is -2.16. The van der Waals surface area contributed by atoms with Crippen LogP contribution in [0.15, 0.2) is 54.9 Å². The number of benzene rings is 2. The van der Waals surface area contributed by atoms with E-state index >= 15 is 0 Å². The zero-order chi connectivity index (χ0) is 18.0. The maximum absolute atomic E-state index is 12.9. The minimum Gasteiger partial charge on any atom is -0.361 e. The highest BCUT2D eigenvalue weighted by Gasteiger charge is 2.39. The van der Waals surface area contributed by atoms with Gasteiger partial charge in [0.2, 0.25) is 5.91 Å². The topological polar surface area (TPSA) is 49.8 Å². The molecule has 2 atom stereocenters. The van der Waals surface area contributed by atoms with Crippen LogP contribution in [0.25, 0.3) is 21.8 Å². The molecule has 1 saturated heterocycles. The number of nitrogens with one attached hydrogen (secondary N) is 2. The van der Waals surface area contributed by atoms with E-state index in [1.54, 1.807) is 0 Å². The van der Waals surface area contributed by atoms with Gasteiger partial charge in [0, 0.05) is 47.7 Å². The van der Waals surface area contributed by atoms with Gasteiger partial charge in [0.15, 0.2) is 0 Å². The number of rotatable bonds is 2. The predicted octanol–water partition coefficient (Wildman–Crippen LogP) is 4.07. The number of carbonyl (C=O) groups excluding carboxylic acids is 1. The lowest BCUT2D eigenvalue weighted by Crippen LogP contribution is -2.18. The number of hydrogen-bond donors (Lipinski definition) is 2. The molecule has 27 heavy (non-hydrogen) atoms. The normalized spacial score (nSPS) is 21.9. The number of fused-ring (bicyclic) bond motifs is 1. The van der Waals surface area contributed by atoms with Crippen LogP contribution in [0.5, 0.6) is 0 Å². The van der Waals surface area contributed by atoms with Gasteiger partial charge in [0.1, 0.15) is 0 Å². The Bertz CT molecular complexity index is 1200. The van der Waals surface area contributed by atoms with Crippen LogP contribution in [-0.4, -0.2) is 22.0 Å². The number of aromatic amines is 1. The molecule has 4 nitrogen and oxygen atoms in total. The smallest absolute Gasteiger partial charge is 0.228 e. The molecule has 4 heterocycles. The summed E-state index contributed by atoms with van der Waals surface area (Å²) in [7, 11) is 0. The van der Waals surface area contributed by atoms with Crippen molar-refractivity contribution in [3.8, 4) is 0 Å². The summed E-state index contributed by atoms with van der Waals surface area (Å²) in [6.45, 7) is 1.73. The first-order valence-electron chi connectivity index (χ1n) is 9.75. The summed E-state index contributed by atoms with van der Waals surface area (Å²) in [5.74, 6) is 0.160. The molecule has 6 rings (SSSR count). The number of nitrogens with zero attached hydrogens (tertiary/aromatic N) is 1. The first-order chi connectivity index (χ1) is 13.3. The number of hydrogen-bond acceptors (Lipinski definition) is 1. The summed E-state index contributed by atoms with van der Waals surface area (Å²) >= 11 is 0. The van der Waals surface area contributed by atoms with Gasteiger partial charge in [-0.05, 0) is 35.6 Å². The van der Waals surface area contributed by atoms with Crippen molar-refractivity contribution < 1.29 is 4.79 Å². The third-order valence-electron chi connectivity index (χ3n) is 6.39. The van der Waals surface area contributed by atoms with Crippen LogP contribution >= 0.6 is 0 Å². The maximum Gasteiger partial charge on any atom is 0.228 e. The summed E-state index contributed by atoms with van der Waals surface area (Å²) in [6, 6.07) is 14.9. The summed E-state index contributed by atoms with van der Waals surface area (Å²) in [4.78, 5) is 16.3. The SMILES string of the molecule is O=C1NCC(c2c[nH]c3ccccc23)[C@@H]1c1cn2c3c(cccc13)CCC2. The van der Waals surface area contributed by atoms with Crippen LogP contribution in [0.3, 0.4) is 0 Å². The minimum atomic E-state index is -0.138. The zero-order valence-electron chi connectivity index (χ0n) is 15.0. The van der Waals surface area contributed by atoms with Crippen molar-refractivity contribution in [2.45, 2.75) is 31.2 Å². The second kappa shape index (κ2) is 5.49. The van der Waals surface area contributed by atoms with E-state index in [9.17, 15) is 4.79 Å². The molecular formula is C23H21N3O. The molecule has 2 aliphatic rings. The predicted molar refractivity (Wildman–Crippen MR) is 107 cm³/mol. The molecule has 1 amide bonds. The zero-order valence-corrected chi connectivity index (χ0v) is 15.0. The van der Waals surface area contributed by atoms with E-state index in [1.807, 2.05) is 6.07 Å². The second-order valence-corrected chi connectivity index (χ2v) is 7.81. The van der Waals surface area contributed by atoms with Crippen LogP contribution in [0.2, 0.25) is 0 Å². The van der Waals surface area contributed by atoms with Gasteiger partial charge in [0.25, 0.3) is 0 Å². The van der Waals surface area contributed by atoms with Crippen LogP contribution in [0.1, 0.15) is 34.9 Å². The van der Waals surface area contributed by atoms with Crippen molar-refractivity contribution in [3.63, 3.8) is 0 Å². The van der Waals surface area contributed by atoms with Crippen molar-refractivity contribution in [3.05, 3.63) is 71.5 Å². The van der Waals surface area contributed by atoms with Gasteiger partial charge in [-0.1, -0.05) is 36.4 Å². The lowest BCUT2D eigenvalue weighted by molar-refractivity contribution is -0.120. The molecule has 0 spiro atoms. The second-order valence-electron chi connectivity index (χ2n) is 7.81. The van der Waals surface area contributed by atoms with Gasteiger partial charge in [-0.25, -0.2) is 0 Å². The van der Waals surface area contributed by atoms with Gasteiger partial charge < -0.3 is 14.9 Å². The van der Waals surface area contributed by atoms with E-state index in [1.165, 1.54) is 39.4 Å². The van der Waals surface area contributed by atoms with Gasteiger partial charge in [0.05, 0.1) is 11.4 Å². The molecule has 2 aliphatic heterocycles. The van der Waals surface area contributed by atoms with Gasteiger partial charge in [-0.2, -0.15) is 0 Å². The average Bonchev–Trinajstić information content (AvgIpc) is 3.38. The summed E-state index contributed by atoms with van der Waals surface area (Å²) in [5, 5.41) is 5.60. The van der Waals surface area contributed by atoms with Crippen molar-refractivity contribution >= 4 is 27.7 Å².